The Balaban J connectivity index is 2.99. The standard InChI is InChI=1S/C10H17N3OS/c1-6(2)5-14-10-8(9(11)15)7(3)12-13(10)4/h6H,5H2,1-4H3,(H2,11,15). The Hall–Kier alpha value is -1.10. The Kier molecular flexibility index (Phi) is 3.68. The molecule has 84 valence electrons. The molecule has 0 aliphatic carbocycles. The van der Waals surface area contributed by atoms with Crippen LogP contribution in [0.5, 0.6) is 5.88 Å². The topological polar surface area (TPSA) is 53.1 Å². The maximum absolute atomic E-state index is 5.64. The minimum Gasteiger partial charge on any atom is -0.477 e. The van der Waals surface area contributed by atoms with Crippen LogP contribution in [0.3, 0.4) is 0 Å². The van der Waals surface area contributed by atoms with E-state index in [1.165, 1.54) is 0 Å². The van der Waals surface area contributed by atoms with Gasteiger partial charge in [-0.25, -0.2) is 4.68 Å². The number of aryl methyl sites for hydroxylation is 2. The third-order valence-electron chi connectivity index (χ3n) is 1.97. The van der Waals surface area contributed by atoms with Gasteiger partial charge < -0.3 is 10.5 Å². The predicted molar refractivity (Wildman–Crippen MR) is 64.2 cm³/mol. The van der Waals surface area contributed by atoms with Crippen molar-refractivity contribution in [1.82, 2.24) is 9.78 Å². The van der Waals surface area contributed by atoms with Gasteiger partial charge in [0.05, 0.1) is 17.9 Å². The summed E-state index contributed by atoms with van der Waals surface area (Å²) in [4.78, 5) is 0.333. The zero-order valence-electron chi connectivity index (χ0n) is 9.57. The van der Waals surface area contributed by atoms with Crippen molar-refractivity contribution in [2.24, 2.45) is 18.7 Å². The van der Waals surface area contributed by atoms with E-state index in [9.17, 15) is 0 Å². The van der Waals surface area contributed by atoms with Crippen LogP contribution in [0.2, 0.25) is 0 Å². The maximum Gasteiger partial charge on any atom is 0.222 e. The summed E-state index contributed by atoms with van der Waals surface area (Å²) < 4.78 is 7.32. The summed E-state index contributed by atoms with van der Waals surface area (Å²) in [5, 5.41) is 4.23. The number of thiocarbonyl (C=S) groups is 1. The van der Waals surface area contributed by atoms with Crippen molar-refractivity contribution < 1.29 is 4.74 Å². The monoisotopic (exact) mass is 227 g/mol. The van der Waals surface area contributed by atoms with Crippen molar-refractivity contribution in [2.45, 2.75) is 20.8 Å². The van der Waals surface area contributed by atoms with Gasteiger partial charge in [-0.2, -0.15) is 5.10 Å². The van der Waals surface area contributed by atoms with Gasteiger partial charge in [0.1, 0.15) is 4.99 Å². The van der Waals surface area contributed by atoms with Crippen molar-refractivity contribution in [3.05, 3.63) is 11.3 Å². The average Bonchev–Trinajstić information content (AvgIpc) is 2.37. The first-order valence-electron chi connectivity index (χ1n) is 4.89. The Morgan fingerprint density at radius 1 is 1.60 bits per heavy atom. The number of hydrogen-bond acceptors (Lipinski definition) is 3. The first-order valence-corrected chi connectivity index (χ1v) is 5.30. The largest absolute Gasteiger partial charge is 0.477 e. The Morgan fingerprint density at radius 2 is 2.20 bits per heavy atom. The number of hydrogen-bond donors (Lipinski definition) is 1. The van der Waals surface area contributed by atoms with Gasteiger partial charge >= 0.3 is 0 Å². The number of ether oxygens (including phenoxy) is 1. The summed E-state index contributed by atoms with van der Waals surface area (Å²) in [5.74, 6) is 1.12. The lowest BCUT2D eigenvalue weighted by Gasteiger charge is -2.10. The quantitative estimate of drug-likeness (QED) is 0.790. The smallest absolute Gasteiger partial charge is 0.222 e. The highest BCUT2D eigenvalue weighted by atomic mass is 32.1. The van der Waals surface area contributed by atoms with E-state index in [2.05, 4.69) is 18.9 Å². The molecule has 1 aromatic rings. The Labute approximate surface area is 95.4 Å². The van der Waals surface area contributed by atoms with Gasteiger partial charge in [-0.1, -0.05) is 26.1 Å². The minimum absolute atomic E-state index is 0.333. The van der Waals surface area contributed by atoms with Crippen LogP contribution in [-0.4, -0.2) is 21.4 Å². The van der Waals surface area contributed by atoms with Crippen molar-refractivity contribution in [1.29, 1.82) is 0 Å². The molecule has 0 unspecified atom stereocenters. The van der Waals surface area contributed by atoms with Gasteiger partial charge in [0.2, 0.25) is 5.88 Å². The molecule has 1 heterocycles. The van der Waals surface area contributed by atoms with Crippen molar-refractivity contribution in [3.63, 3.8) is 0 Å². The van der Waals surface area contributed by atoms with Crippen LogP contribution in [0.25, 0.3) is 0 Å². The number of aromatic nitrogens is 2. The van der Waals surface area contributed by atoms with Gasteiger partial charge in [-0.05, 0) is 12.8 Å². The second-order valence-corrected chi connectivity index (χ2v) is 4.40. The van der Waals surface area contributed by atoms with E-state index in [1.807, 2.05) is 14.0 Å². The molecule has 5 heteroatoms. The SMILES string of the molecule is Cc1nn(C)c(OCC(C)C)c1C(N)=S. The second kappa shape index (κ2) is 4.61. The first-order chi connectivity index (χ1) is 6.93. The van der Waals surface area contributed by atoms with E-state index in [-0.39, 0.29) is 0 Å². The van der Waals surface area contributed by atoms with Crippen LogP contribution >= 0.6 is 12.2 Å². The van der Waals surface area contributed by atoms with Crippen LogP contribution in [0, 0.1) is 12.8 Å². The lowest BCUT2D eigenvalue weighted by molar-refractivity contribution is 0.249. The molecule has 0 aliphatic rings. The molecule has 0 spiro atoms. The normalized spacial score (nSPS) is 10.7. The van der Waals surface area contributed by atoms with Gasteiger partial charge in [0.25, 0.3) is 0 Å². The van der Waals surface area contributed by atoms with Crippen molar-refractivity contribution in [3.8, 4) is 5.88 Å². The molecule has 0 radical (unpaired) electrons. The Bertz CT molecular complexity index is 371. The molecular weight excluding hydrogens is 210 g/mol. The molecule has 0 aromatic carbocycles. The van der Waals surface area contributed by atoms with Crippen LogP contribution in [-0.2, 0) is 7.05 Å². The van der Waals surface area contributed by atoms with E-state index >= 15 is 0 Å². The van der Waals surface area contributed by atoms with Gasteiger partial charge in [-0.15, -0.1) is 0 Å². The molecule has 0 saturated carbocycles. The summed E-state index contributed by atoms with van der Waals surface area (Å²) in [7, 11) is 1.82. The van der Waals surface area contributed by atoms with Crippen LogP contribution in [0.15, 0.2) is 0 Å². The summed E-state index contributed by atoms with van der Waals surface area (Å²) >= 11 is 4.97. The fourth-order valence-electron chi connectivity index (χ4n) is 1.33. The third kappa shape index (κ3) is 2.68. The van der Waals surface area contributed by atoms with Crippen LogP contribution in [0.4, 0.5) is 0 Å². The molecule has 2 N–H and O–H groups in total. The van der Waals surface area contributed by atoms with Gasteiger partial charge in [-0.3, -0.25) is 0 Å². The molecule has 0 fully saturated rings. The van der Waals surface area contributed by atoms with Gasteiger partial charge in [0.15, 0.2) is 0 Å². The maximum atomic E-state index is 5.64. The number of nitrogens with zero attached hydrogens (tertiary/aromatic N) is 2. The second-order valence-electron chi connectivity index (χ2n) is 3.96. The molecule has 4 nitrogen and oxygen atoms in total. The van der Waals surface area contributed by atoms with Crippen molar-refractivity contribution in [2.75, 3.05) is 6.61 Å². The highest BCUT2D eigenvalue weighted by molar-refractivity contribution is 7.80. The zero-order chi connectivity index (χ0) is 11.6. The van der Waals surface area contributed by atoms with E-state index in [0.29, 0.717) is 23.4 Å². The lowest BCUT2D eigenvalue weighted by Crippen LogP contribution is -2.14. The molecule has 1 rings (SSSR count). The molecule has 15 heavy (non-hydrogen) atoms. The minimum atomic E-state index is 0.333. The zero-order valence-corrected chi connectivity index (χ0v) is 10.4. The molecule has 0 atom stereocenters. The van der Waals surface area contributed by atoms with E-state index in [0.717, 1.165) is 11.3 Å². The molecule has 0 aliphatic heterocycles. The molecule has 0 saturated heterocycles. The lowest BCUT2D eigenvalue weighted by atomic mass is 10.2. The predicted octanol–water partition coefficient (Wildman–Crippen LogP) is 1.40. The van der Waals surface area contributed by atoms with E-state index in [4.69, 9.17) is 22.7 Å². The molecule has 0 amide bonds. The summed E-state index contributed by atoms with van der Waals surface area (Å²) in [6.07, 6.45) is 0. The van der Waals surface area contributed by atoms with Crippen LogP contribution < -0.4 is 10.5 Å². The number of rotatable bonds is 4. The third-order valence-corrected chi connectivity index (χ3v) is 2.17. The van der Waals surface area contributed by atoms with Gasteiger partial charge in [0, 0.05) is 7.05 Å². The summed E-state index contributed by atoms with van der Waals surface area (Å²) in [6, 6.07) is 0. The van der Waals surface area contributed by atoms with E-state index < -0.39 is 0 Å². The summed E-state index contributed by atoms with van der Waals surface area (Å²) in [6.45, 7) is 6.68. The van der Waals surface area contributed by atoms with Crippen LogP contribution in [0.1, 0.15) is 25.1 Å². The average molecular weight is 227 g/mol. The molecule has 0 bridgehead atoms. The highest BCUT2D eigenvalue weighted by Crippen LogP contribution is 2.21. The Morgan fingerprint density at radius 3 is 2.67 bits per heavy atom. The highest BCUT2D eigenvalue weighted by Gasteiger charge is 2.17. The number of nitrogens with two attached hydrogens (primary N) is 1. The van der Waals surface area contributed by atoms with Crippen molar-refractivity contribution >= 4 is 17.2 Å². The fraction of sp³-hybridized carbons (Fsp3) is 0.600. The first kappa shape index (κ1) is 12.0. The molecule has 1 aromatic heterocycles. The van der Waals surface area contributed by atoms with E-state index in [1.54, 1.807) is 4.68 Å². The summed E-state index contributed by atoms with van der Waals surface area (Å²) in [5.41, 5.74) is 7.19. The fourth-order valence-corrected chi connectivity index (χ4v) is 1.57. The molecular formula is C10H17N3OS.